The van der Waals surface area contributed by atoms with Crippen molar-refractivity contribution in [3.63, 3.8) is 0 Å². The number of rotatable bonds is 8. The van der Waals surface area contributed by atoms with Gasteiger partial charge >= 0.3 is 6.18 Å². The van der Waals surface area contributed by atoms with Crippen molar-refractivity contribution in [1.29, 1.82) is 0 Å². The van der Waals surface area contributed by atoms with E-state index in [4.69, 9.17) is 5.10 Å². The molecule has 3 rings (SSSR count). The minimum Gasteiger partial charge on any atom is -0.378 e. The highest BCUT2D eigenvalue weighted by Crippen LogP contribution is 2.40. The van der Waals surface area contributed by atoms with Crippen molar-refractivity contribution in [3.8, 4) is 11.3 Å². The van der Waals surface area contributed by atoms with E-state index < -0.39 is 11.7 Å². The number of pyridine rings is 1. The molecule has 0 N–H and O–H groups in total. The summed E-state index contributed by atoms with van der Waals surface area (Å²) < 4.78 is 43.7. The van der Waals surface area contributed by atoms with E-state index in [1.54, 1.807) is 41.7 Å². The van der Waals surface area contributed by atoms with Crippen LogP contribution in [0, 0.1) is 0 Å². The van der Waals surface area contributed by atoms with Crippen LogP contribution in [-0.4, -0.2) is 36.8 Å². The third-order valence-electron chi connectivity index (χ3n) is 5.44. The summed E-state index contributed by atoms with van der Waals surface area (Å²) in [6, 6.07) is 9.97. The van der Waals surface area contributed by atoms with Gasteiger partial charge in [-0.05, 0) is 43.5 Å². The number of benzene rings is 1. The fourth-order valence-corrected chi connectivity index (χ4v) is 4.03. The molecule has 4 nitrogen and oxygen atoms in total. The molecule has 3 aromatic rings. The fraction of sp³-hybridized carbons (Fsp3) is 0.458. The molecule has 0 aliphatic carbocycles. The molecule has 0 amide bonds. The van der Waals surface area contributed by atoms with Crippen molar-refractivity contribution in [2.45, 2.75) is 46.2 Å². The first-order valence-corrected chi connectivity index (χ1v) is 10.9. The van der Waals surface area contributed by atoms with Crippen molar-refractivity contribution in [2.75, 3.05) is 37.0 Å². The minimum absolute atomic E-state index is 0.137. The third-order valence-corrected chi connectivity index (χ3v) is 5.44. The molecule has 0 fully saturated rings. The van der Waals surface area contributed by atoms with E-state index in [0.29, 0.717) is 17.8 Å². The van der Waals surface area contributed by atoms with Crippen LogP contribution >= 0.6 is 0 Å². The van der Waals surface area contributed by atoms with Gasteiger partial charge in [-0.15, -0.1) is 0 Å². The number of anilines is 2. The molecule has 0 spiro atoms. The van der Waals surface area contributed by atoms with Gasteiger partial charge in [0.25, 0.3) is 0 Å². The van der Waals surface area contributed by atoms with Crippen LogP contribution in [-0.2, 0) is 12.6 Å². The van der Waals surface area contributed by atoms with Crippen LogP contribution in [0.3, 0.4) is 0 Å². The average Bonchev–Trinajstić information content (AvgIpc) is 3.11. The number of aromatic nitrogens is 2. The number of nitrogens with zero attached hydrogens (tertiary/aromatic N) is 4. The Balaban J connectivity index is 2.28. The van der Waals surface area contributed by atoms with Crippen LogP contribution in [0.15, 0.2) is 36.4 Å². The molecule has 0 saturated heterocycles. The third kappa shape index (κ3) is 4.50. The van der Waals surface area contributed by atoms with Crippen molar-refractivity contribution in [3.05, 3.63) is 47.7 Å². The molecule has 0 aliphatic heterocycles. The van der Waals surface area contributed by atoms with E-state index >= 15 is 0 Å². The van der Waals surface area contributed by atoms with Gasteiger partial charge in [-0.3, -0.25) is 0 Å². The van der Waals surface area contributed by atoms with Gasteiger partial charge in [-0.1, -0.05) is 32.9 Å². The SMILES string of the molecule is CCCN(CCC)c1c(CC)nn2c(-c3ccc(N(C)C)cc3C(F)(F)F)cccc12. The number of halogens is 3. The smallest absolute Gasteiger partial charge is 0.378 e. The van der Waals surface area contributed by atoms with Crippen LogP contribution in [0.1, 0.15) is 44.9 Å². The molecule has 2 heterocycles. The molecule has 0 unspecified atom stereocenters. The molecule has 0 bridgehead atoms. The van der Waals surface area contributed by atoms with Gasteiger partial charge in [0.15, 0.2) is 0 Å². The Hall–Kier alpha value is -2.70. The number of hydrogen-bond donors (Lipinski definition) is 0. The van der Waals surface area contributed by atoms with Crippen LogP contribution in [0.5, 0.6) is 0 Å². The molecule has 2 aromatic heterocycles. The molecule has 31 heavy (non-hydrogen) atoms. The van der Waals surface area contributed by atoms with Crippen LogP contribution < -0.4 is 9.80 Å². The molecule has 0 aliphatic rings. The number of alkyl halides is 3. The molecule has 1 aromatic carbocycles. The van der Waals surface area contributed by atoms with Gasteiger partial charge in [0.05, 0.1) is 28.2 Å². The van der Waals surface area contributed by atoms with Crippen molar-refractivity contribution >= 4 is 16.9 Å². The zero-order chi connectivity index (χ0) is 22.8. The highest BCUT2D eigenvalue weighted by atomic mass is 19.4. The van der Waals surface area contributed by atoms with Gasteiger partial charge < -0.3 is 9.80 Å². The summed E-state index contributed by atoms with van der Waals surface area (Å²) in [4.78, 5) is 3.99. The second-order valence-corrected chi connectivity index (χ2v) is 7.97. The summed E-state index contributed by atoms with van der Waals surface area (Å²) in [7, 11) is 3.47. The first-order valence-electron chi connectivity index (χ1n) is 10.9. The Bertz CT molecular complexity index is 1030. The molecular formula is C24H31F3N4. The van der Waals surface area contributed by atoms with Gasteiger partial charge in [-0.25, -0.2) is 4.52 Å². The standard InChI is InChI=1S/C24H31F3N4/c1-6-14-30(15-7-2)23-20(8-3)28-31-21(10-9-11-22(23)31)18-13-12-17(29(4)5)16-19(18)24(25,26)27/h9-13,16H,6-8,14-15H2,1-5H3. The van der Waals surface area contributed by atoms with Gasteiger partial charge in [0.2, 0.25) is 0 Å². The van der Waals surface area contributed by atoms with Crippen molar-refractivity contribution in [2.24, 2.45) is 0 Å². The summed E-state index contributed by atoms with van der Waals surface area (Å²) in [6.07, 6.45) is -1.77. The lowest BCUT2D eigenvalue weighted by molar-refractivity contribution is -0.137. The molecular weight excluding hydrogens is 401 g/mol. The first kappa shape index (κ1) is 23.0. The molecule has 7 heteroatoms. The lowest BCUT2D eigenvalue weighted by atomic mass is 10.0. The number of aryl methyl sites for hydroxylation is 1. The topological polar surface area (TPSA) is 23.8 Å². The highest BCUT2D eigenvalue weighted by Gasteiger charge is 2.35. The summed E-state index contributed by atoms with van der Waals surface area (Å²) in [5, 5.41) is 4.77. The van der Waals surface area contributed by atoms with E-state index in [9.17, 15) is 13.2 Å². The lowest BCUT2D eigenvalue weighted by Crippen LogP contribution is -2.25. The lowest BCUT2D eigenvalue weighted by Gasteiger charge is -2.24. The maximum absolute atomic E-state index is 14.0. The maximum atomic E-state index is 14.0. The Kier molecular flexibility index (Phi) is 6.82. The summed E-state index contributed by atoms with van der Waals surface area (Å²) in [5.41, 5.74) is 3.23. The van der Waals surface area contributed by atoms with Crippen molar-refractivity contribution in [1.82, 2.24) is 9.61 Å². The Morgan fingerprint density at radius 2 is 1.65 bits per heavy atom. The van der Waals surface area contributed by atoms with Crippen LogP contribution in [0.25, 0.3) is 16.8 Å². The Labute approximate surface area is 182 Å². The van der Waals surface area contributed by atoms with E-state index in [1.807, 2.05) is 19.1 Å². The van der Waals surface area contributed by atoms with Gasteiger partial charge in [0.1, 0.15) is 0 Å². The van der Waals surface area contributed by atoms with Crippen molar-refractivity contribution < 1.29 is 13.2 Å². The zero-order valence-electron chi connectivity index (χ0n) is 18.9. The quantitative estimate of drug-likeness (QED) is 0.419. The normalized spacial score (nSPS) is 11.9. The highest BCUT2D eigenvalue weighted by molar-refractivity contribution is 5.80. The minimum atomic E-state index is -4.47. The van der Waals surface area contributed by atoms with Crippen LogP contribution in [0.4, 0.5) is 24.5 Å². The molecule has 0 saturated carbocycles. The second kappa shape index (κ2) is 9.20. The summed E-state index contributed by atoms with van der Waals surface area (Å²) in [5.74, 6) is 0. The average molecular weight is 433 g/mol. The molecule has 0 atom stereocenters. The van der Waals surface area contributed by atoms with E-state index in [2.05, 4.69) is 18.7 Å². The monoisotopic (exact) mass is 432 g/mol. The Morgan fingerprint density at radius 3 is 2.19 bits per heavy atom. The largest absolute Gasteiger partial charge is 0.417 e. The van der Waals surface area contributed by atoms with E-state index in [1.165, 1.54) is 6.07 Å². The van der Waals surface area contributed by atoms with E-state index in [0.717, 1.165) is 42.8 Å². The number of hydrogen-bond acceptors (Lipinski definition) is 3. The predicted molar refractivity (Wildman–Crippen MR) is 122 cm³/mol. The second-order valence-electron chi connectivity index (χ2n) is 7.97. The summed E-state index contributed by atoms with van der Waals surface area (Å²) in [6.45, 7) is 8.07. The van der Waals surface area contributed by atoms with Gasteiger partial charge in [0, 0.05) is 38.4 Å². The predicted octanol–water partition coefficient (Wildman–Crippen LogP) is 6.27. The molecule has 0 radical (unpaired) electrons. The van der Waals surface area contributed by atoms with Crippen LogP contribution in [0.2, 0.25) is 0 Å². The maximum Gasteiger partial charge on any atom is 0.417 e. The Morgan fingerprint density at radius 1 is 0.968 bits per heavy atom. The first-order chi connectivity index (χ1) is 14.7. The van der Waals surface area contributed by atoms with E-state index in [-0.39, 0.29) is 5.56 Å². The van der Waals surface area contributed by atoms with Gasteiger partial charge in [-0.2, -0.15) is 18.3 Å². The number of fused-ring (bicyclic) bond motifs is 1. The zero-order valence-corrected chi connectivity index (χ0v) is 18.9. The summed E-state index contributed by atoms with van der Waals surface area (Å²) >= 11 is 0. The fourth-order valence-electron chi connectivity index (χ4n) is 4.03. The molecule has 168 valence electrons.